The van der Waals surface area contributed by atoms with Crippen LogP contribution in [0, 0.1) is 5.92 Å². The molecule has 2 aromatic carbocycles. The third-order valence-electron chi connectivity index (χ3n) is 8.20. The first-order valence-electron chi connectivity index (χ1n) is 12.6. The molecule has 1 saturated carbocycles. The summed E-state index contributed by atoms with van der Waals surface area (Å²) in [6.45, 7) is 13.2. The van der Waals surface area contributed by atoms with Crippen LogP contribution in [0.3, 0.4) is 0 Å². The average molecular weight is 629 g/mol. The molecule has 0 bridgehead atoms. The van der Waals surface area contributed by atoms with Crippen molar-refractivity contribution in [2.75, 3.05) is 5.32 Å². The fourth-order valence-electron chi connectivity index (χ4n) is 5.22. The molecule has 3 unspecified atom stereocenters. The number of ether oxygens (including phenoxy) is 1. The molecule has 5 nitrogen and oxygen atoms in total. The Labute approximate surface area is 236 Å². The van der Waals surface area contributed by atoms with Gasteiger partial charge in [-0.1, -0.05) is 55.8 Å². The predicted octanol–water partition coefficient (Wildman–Crippen LogP) is 8.05. The molecular formula is C28H33BrClF2NO4Si. The lowest BCUT2D eigenvalue weighted by atomic mass is 9.79. The Morgan fingerprint density at radius 1 is 1.18 bits per heavy atom. The van der Waals surface area contributed by atoms with Gasteiger partial charge < -0.3 is 14.5 Å². The molecule has 1 spiro atoms. The fraction of sp³-hybridized carbons (Fsp3) is 0.500. The van der Waals surface area contributed by atoms with Gasteiger partial charge >= 0.3 is 5.57 Å². The molecule has 38 heavy (non-hydrogen) atoms. The summed E-state index contributed by atoms with van der Waals surface area (Å²) in [7, 11) is -2.02. The lowest BCUT2D eigenvalue weighted by Crippen LogP contribution is -2.45. The molecule has 0 radical (unpaired) electrons. The Balaban J connectivity index is 1.55. The number of halogens is 4. The number of anilines is 1. The summed E-state index contributed by atoms with van der Waals surface area (Å²) >= 11 is 8.46. The number of carbonyl (C=O) groups is 2. The standard InChI is InChI=1S/C28H33BrClF2NO4Si/c1-16-14-27(15-23(16)37-38(5,6)26(2,3)4)24-20(29)12-18(13-21(24)33-25(27)35)22(34)11-17-7-9-19(10-8-17)36-28(30,31)32/h7-10,12-13,16,23H,11,14-15H2,1-6H3,(H,33,35). The molecule has 206 valence electrons. The number of ketones is 1. The molecule has 1 fully saturated rings. The number of alkyl halides is 3. The van der Waals surface area contributed by atoms with Crippen molar-refractivity contribution in [3.05, 3.63) is 57.6 Å². The Bertz CT molecular complexity index is 1260. The van der Waals surface area contributed by atoms with E-state index in [0.29, 0.717) is 34.1 Å². The highest BCUT2D eigenvalue weighted by Crippen LogP contribution is 2.55. The van der Waals surface area contributed by atoms with E-state index in [0.717, 1.165) is 5.56 Å². The molecular weight excluding hydrogens is 596 g/mol. The molecule has 3 atom stereocenters. The van der Waals surface area contributed by atoms with Crippen molar-refractivity contribution in [2.45, 2.75) is 82.2 Å². The molecule has 1 aliphatic carbocycles. The van der Waals surface area contributed by atoms with Crippen LogP contribution in [0.4, 0.5) is 14.5 Å². The summed E-state index contributed by atoms with van der Waals surface area (Å²) in [5.41, 5.74) is -1.91. The van der Waals surface area contributed by atoms with E-state index in [1.807, 2.05) is 0 Å². The highest BCUT2D eigenvalue weighted by molar-refractivity contribution is 9.10. The summed E-state index contributed by atoms with van der Waals surface area (Å²) in [6, 6.07) is 9.25. The quantitative estimate of drug-likeness (QED) is 0.191. The smallest absolute Gasteiger partial charge is 0.420 e. The van der Waals surface area contributed by atoms with Crippen LogP contribution in [0.2, 0.25) is 18.1 Å². The van der Waals surface area contributed by atoms with Gasteiger partial charge in [0, 0.05) is 45.4 Å². The fourth-order valence-corrected chi connectivity index (χ4v) is 7.57. The summed E-state index contributed by atoms with van der Waals surface area (Å²) in [5.74, 6) is -0.118. The second-order valence-corrected chi connectivity index (χ2v) is 18.1. The normalized spacial score (nSPS) is 23.5. The monoisotopic (exact) mass is 627 g/mol. The maximum absolute atomic E-state index is 13.4. The number of nitrogens with one attached hydrogen (secondary N) is 1. The lowest BCUT2D eigenvalue weighted by Gasteiger charge is -2.39. The van der Waals surface area contributed by atoms with Crippen LogP contribution in [-0.2, 0) is 21.1 Å². The van der Waals surface area contributed by atoms with E-state index in [4.69, 9.17) is 16.0 Å². The highest BCUT2D eigenvalue weighted by Gasteiger charge is 2.56. The molecule has 4 rings (SSSR count). The van der Waals surface area contributed by atoms with Crippen LogP contribution in [0.25, 0.3) is 0 Å². The van der Waals surface area contributed by atoms with Crippen molar-refractivity contribution in [3.8, 4) is 5.75 Å². The number of rotatable bonds is 7. The second-order valence-electron chi connectivity index (χ2n) is 12.0. The van der Waals surface area contributed by atoms with Crippen LogP contribution in [0.15, 0.2) is 40.9 Å². The van der Waals surface area contributed by atoms with Gasteiger partial charge in [0.1, 0.15) is 5.75 Å². The van der Waals surface area contributed by atoms with Gasteiger partial charge in [-0.25, -0.2) is 0 Å². The van der Waals surface area contributed by atoms with E-state index in [2.05, 4.69) is 66.8 Å². The SMILES string of the molecule is CC1CC2(CC1O[Si](C)(C)C(C)(C)C)C(=O)Nc1cc(C(=O)Cc3ccc(OC(F)(F)Cl)cc3)cc(Br)c12. The Morgan fingerprint density at radius 3 is 2.39 bits per heavy atom. The maximum Gasteiger partial charge on any atom is 0.487 e. The van der Waals surface area contributed by atoms with E-state index in [-0.39, 0.29) is 40.9 Å². The van der Waals surface area contributed by atoms with Gasteiger partial charge in [-0.05, 0) is 66.7 Å². The molecule has 1 heterocycles. The summed E-state index contributed by atoms with van der Waals surface area (Å²) < 4.78 is 37.5. The van der Waals surface area contributed by atoms with Gasteiger partial charge in [0.05, 0.1) is 5.41 Å². The van der Waals surface area contributed by atoms with Crippen molar-refractivity contribution in [3.63, 3.8) is 0 Å². The average Bonchev–Trinajstić information content (AvgIpc) is 3.22. The van der Waals surface area contributed by atoms with Crippen molar-refractivity contribution in [1.82, 2.24) is 0 Å². The number of hydrogen-bond acceptors (Lipinski definition) is 4. The van der Waals surface area contributed by atoms with Crippen LogP contribution in [0.1, 0.15) is 62.0 Å². The second kappa shape index (κ2) is 9.98. The van der Waals surface area contributed by atoms with Crippen LogP contribution < -0.4 is 10.1 Å². The number of benzene rings is 2. The zero-order chi connectivity index (χ0) is 28.3. The van der Waals surface area contributed by atoms with Gasteiger partial charge in [-0.3, -0.25) is 9.59 Å². The zero-order valence-electron chi connectivity index (χ0n) is 22.4. The molecule has 0 saturated heterocycles. The summed E-state index contributed by atoms with van der Waals surface area (Å²) in [4.78, 5) is 26.5. The van der Waals surface area contributed by atoms with Crippen LogP contribution in [-0.4, -0.2) is 31.7 Å². The Kier molecular flexibility index (Phi) is 7.66. The van der Waals surface area contributed by atoms with E-state index >= 15 is 0 Å². The lowest BCUT2D eigenvalue weighted by molar-refractivity contribution is -0.121. The molecule has 2 aliphatic rings. The van der Waals surface area contributed by atoms with Crippen molar-refractivity contribution < 1.29 is 27.5 Å². The van der Waals surface area contributed by atoms with Gasteiger partial charge in [-0.2, -0.15) is 0 Å². The van der Waals surface area contributed by atoms with Gasteiger partial charge in [0.25, 0.3) is 0 Å². The first kappa shape index (κ1) is 29.2. The Hall–Kier alpha value is -1.81. The minimum atomic E-state index is -3.80. The number of hydrogen-bond donors (Lipinski definition) is 1. The number of amides is 1. The number of carbonyl (C=O) groups excluding carboxylic acids is 2. The van der Waals surface area contributed by atoms with Gasteiger partial charge in [-0.15, -0.1) is 8.78 Å². The van der Waals surface area contributed by atoms with E-state index in [1.165, 1.54) is 24.3 Å². The minimum Gasteiger partial charge on any atom is -0.420 e. The third-order valence-corrected chi connectivity index (χ3v) is 13.4. The largest absolute Gasteiger partial charge is 0.487 e. The van der Waals surface area contributed by atoms with E-state index < -0.39 is 19.3 Å². The third kappa shape index (κ3) is 5.71. The number of fused-ring (bicyclic) bond motifs is 2. The number of Topliss-reactive ketones (excluding diaryl/α,β-unsaturated/α-hetero) is 1. The molecule has 0 aromatic heterocycles. The first-order chi connectivity index (χ1) is 17.4. The van der Waals surface area contributed by atoms with E-state index in [9.17, 15) is 18.4 Å². The molecule has 1 N–H and O–H groups in total. The molecule has 1 aliphatic heterocycles. The van der Waals surface area contributed by atoms with Crippen molar-refractivity contribution in [1.29, 1.82) is 0 Å². The van der Waals surface area contributed by atoms with Crippen molar-refractivity contribution in [2.24, 2.45) is 5.92 Å². The first-order valence-corrected chi connectivity index (χ1v) is 16.7. The summed E-state index contributed by atoms with van der Waals surface area (Å²) in [5, 5.41) is 3.09. The maximum atomic E-state index is 13.4. The molecule has 1 amide bonds. The van der Waals surface area contributed by atoms with Crippen LogP contribution in [0.5, 0.6) is 5.75 Å². The van der Waals surface area contributed by atoms with Crippen LogP contribution >= 0.6 is 27.5 Å². The zero-order valence-corrected chi connectivity index (χ0v) is 25.7. The Morgan fingerprint density at radius 2 is 1.82 bits per heavy atom. The molecule has 2 aromatic rings. The predicted molar refractivity (Wildman–Crippen MR) is 151 cm³/mol. The highest BCUT2D eigenvalue weighted by atomic mass is 79.9. The molecule has 10 heteroatoms. The van der Waals surface area contributed by atoms with Gasteiger partial charge in [0.15, 0.2) is 14.1 Å². The summed E-state index contributed by atoms with van der Waals surface area (Å²) in [6.07, 6.45) is 1.31. The topological polar surface area (TPSA) is 64.6 Å². The van der Waals surface area contributed by atoms with E-state index in [1.54, 1.807) is 12.1 Å². The van der Waals surface area contributed by atoms with Crippen molar-refractivity contribution >= 4 is 53.2 Å². The van der Waals surface area contributed by atoms with Gasteiger partial charge in [0.2, 0.25) is 5.91 Å². The minimum absolute atomic E-state index is 0.0218.